The summed E-state index contributed by atoms with van der Waals surface area (Å²) < 4.78 is 28.2. The highest BCUT2D eigenvalue weighted by atomic mass is 32.2. The number of ether oxygens (including phenoxy) is 1. The van der Waals surface area contributed by atoms with E-state index in [1.165, 1.54) is 24.3 Å². The van der Waals surface area contributed by atoms with Gasteiger partial charge in [0, 0.05) is 12.5 Å². The number of nitriles is 1. The molecular formula is C14H12N2O3S. The summed E-state index contributed by atoms with van der Waals surface area (Å²) in [5, 5.41) is 9.08. The van der Waals surface area contributed by atoms with E-state index in [9.17, 15) is 8.42 Å². The molecule has 20 heavy (non-hydrogen) atoms. The molecule has 0 N–H and O–H groups in total. The number of aromatic nitrogens is 1. The molecule has 2 rings (SSSR count). The van der Waals surface area contributed by atoms with E-state index in [0.717, 1.165) is 11.8 Å². The van der Waals surface area contributed by atoms with Crippen molar-refractivity contribution in [3.05, 3.63) is 47.7 Å². The Kier molecular flexibility index (Phi) is 3.72. The zero-order valence-electron chi connectivity index (χ0n) is 11.0. The van der Waals surface area contributed by atoms with Crippen LogP contribution in [0.2, 0.25) is 0 Å². The normalized spacial score (nSPS) is 10.8. The van der Waals surface area contributed by atoms with Crippen LogP contribution in [-0.4, -0.2) is 19.7 Å². The number of rotatable bonds is 3. The second-order valence-corrected chi connectivity index (χ2v) is 6.28. The van der Waals surface area contributed by atoms with E-state index in [-0.39, 0.29) is 10.8 Å². The van der Waals surface area contributed by atoms with Crippen molar-refractivity contribution in [3.8, 4) is 17.7 Å². The maximum atomic E-state index is 11.4. The van der Waals surface area contributed by atoms with Crippen LogP contribution in [-0.2, 0) is 9.84 Å². The smallest absolute Gasteiger partial charge is 0.237 e. The van der Waals surface area contributed by atoms with Crippen LogP contribution in [0.25, 0.3) is 0 Å². The minimum absolute atomic E-state index is 0.208. The zero-order valence-corrected chi connectivity index (χ0v) is 11.8. The molecule has 0 radical (unpaired) electrons. The van der Waals surface area contributed by atoms with E-state index in [2.05, 4.69) is 4.98 Å². The lowest BCUT2D eigenvalue weighted by Gasteiger charge is -2.08. The monoisotopic (exact) mass is 288 g/mol. The van der Waals surface area contributed by atoms with E-state index in [1.54, 1.807) is 19.2 Å². The Bertz CT molecular complexity index is 775. The summed E-state index contributed by atoms with van der Waals surface area (Å²) in [6.07, 6.45) is 2.69. The summed E-state index contributed by atoms with van der Waals surface area (Å²) in [6.45, 7) is 1.79. The molecule has 5 nitrogen and oxygen atoms in total. The maximum absolute atomic E-state index is 11.4. The molecule has 1 heterocycles. The molecule has 0 aliphatic rings. The van der Waals surface area contributed by atoms with Crippen LogP contribution in [0.3, 0.4) is 0 Å². The van der Waals surface area contributed by atoms with E-state index in [4.69, 9.17) is 10.00 Å². The molecule has 0 saturated carbocycles. The van der Waals surface area contributed by atoms with Gasteiger partial charge in [-0.15, -0.1) is 0 Å². The Hall–Kier alpha value is -2.39. The molecule has 0 atom stereocenters. The lowest BCUT2D eigenvalue weighted by molar-refractivity contribution is 0.460. The van der Waals surface area contributed by atoms with Crippen molar-refractivity contribution >= 4 is 9.84 Å². The van der Waals surface area contributed by atoms with Gasteiger partial charge in [0.2, 0.25) is 5.88 Å². The van der Waals surface area contributed by atoms with Gasteiger partial charge in [0.1, 0.15) is 17.4 Å². The van der Waals surface area contributed by atoms with Crippen molar-refractivity contribution in [3.63, 3.8) is 0 Å². The predicted molar refractivity (Wildman–Crippen MR) is 73.3 cm³/mol. The van der Waals surface area contributed by atoms with E-state index in [1.807, 2.05) is 6.07 Å². The van der Waals surface area contributed by atoms with Gasteiger partial charge in [-0.05, 0) is 42.8 Å². The number of nitrogens with zero attached hydrogens (tertiary/aromatic N) is 2. The van der Waals surface area contributed by atoms with Gasteiger partial charge >= 0.3 is 0 Å². The molecule has 0 bridgehead atoms. The first kappa shape index (κ1) is 14.0. The maximum Gasteiger partial charge on any atom is 0.237 e. The van der Waals surface area contributed by atoms with Crippen LogP contribution in [0.4, 0.5) is 0 Å². The van der Waals surface area contributed by atoms with Gasteiger partial charge in [0.05, 0.1) is 4.90 Å². The second-order valence-electron chi connectivity index (χ2n) is 4.27. The Balaban J connectivity index is 2.32. The summed E-state index contributed by atoms with van der Waals surface area (Å²) in [5.74, 6) is 0.631. The SMILES string of the molecule is Cc1ccnc(Oc2ccc(S(C)(=O)=O)cc2)c1C#N. The largest absolute Gasteiger partial charge is 0.438 e. The van der Waals surface area contributed by atoms with Crippen molar-refractivity contribution < 1.29 is 13.2 Å². The van der Waals surface area contributed by atoms with Gasteiger partial charge in [0.25, 0.3) is 0 Å². The van der Waals surface area contributed by atoms with Crippen molar-refractivity contribution in [2.75, 3.05) is 6.26 Å². The third-order valence-electron chi connectivity index (χ3n) is 2.70. The first-order valence-corrected chi connectivity index (χ1v) is 7.64. The molecule has 0 spiro atoms. The Morgan fingerprint density at radius 1 is 1.20 bits per heavy atom. The summed E-state index contributed by atoms with van der Waals surface area (Å²) >= 11 is 0. The van der Waals surface area contributed by atoms with Crippen LogP contribution in [0.5, 0.6) is 11.6 Å². The highest BCUT2D eigenvalue weighted by Gasteiger charge is 2.10. The van der Waals surface area contributed by atoms with Crippen molar-refractivity contribution in [1.82, 2.24) is 4.98 Å². The third kappa shape index (κ3) is 2.95. The number of hydrogen-bond donors (Lipinski definition) is 0. The van der Waals surface area contributed by atoms with Gasteiger partial charge in [-0.2, -0.15) is 5.26 Å². The van der Waals surface area contributed by atoms with Gasteiger partial charge in [-0.3, -0.25) is 0 Å². The highest BCUT2D eigenvalue weighted by molar-refractivity contribution is 7.90. The molecule has 0 aliphatic heterocycles. The number of sulfone groups is 1. The number of benzene rings is 1. The van der Waals surface area contributed by atoms with Crippen molar-refractivity contribution in [1.29, 1.82) is 5.26 Å². The second kappa shape index (κ2) is 5.31. The molecule has 102 valence electrons. The molecule has 0 unspecified atom stereocenters. The number of aryl methyl sites for hydroxylation is 1. The number of pyridine rings is 1. The van der Waals surface area contributed by atoms with Crippen molar-refractivity contribution in [2.24, 2.45) is 0 Å². The van der Waals surface area contributed by atoms with Crippen molar-refractivity contribution in [2.45, 2.75) is 11.8 Å². The lowest BCUT2D eigenvalue weighted by Crippen LogP contribution is -1.97. The predicted octanol–water partition coefficient (Wildman–Crippen LogP) is 2.46. The molecule has 0 amide bonds. The van der Waals surface area contributed by atoms with Gasteiger partial charge < -0.3 is 4.74 Å². The first-order chi connectivity index (χ1) is 9.41. The quantitative estimate of drug-likeness (QED) is 0.866. The van der Waals surface area contributed by atoms with E-state index >= 15 is 0 Å². The van der Waals surface area contributed by atoms with Crippen LogP contribution in [0.1, 0.15) is 11.1 Å². The van der Waals surface area contributed by atoms with Gasteiger partial charge in [-0.1, -0.05) is 0 Å². The fourth-order valence-electron chi connectivity index (χ4n) is 1.61. The molecule has 0 saturated heterocycles. The van der Waals surface area contributed by atoms with Gasteiger partial charge in [0.15, 0.2) is 9.84 Å². The van der Waals surface area contributed by atoms with E-state index in [0.29, 0.717) is 11.3 Å². The summed E-state index contributed by atoms with van der Waals surface area (Å²) in [7, 11) is -3.24. The van der Waals surface area contributed by atoms with Crippen LogP contribution >= 0.6 is 0 Å². The summed E-state index contributed by atoms with van der Waals surface area (Å²) in [6, 6.07) is 9.72. The van der Waals surface area contributed by atoms with Crippen LogP contribution in [0.15, 0.2) is 41.4 Å². The molecule has 1 aromatic heterocycles. The highest BCUT2D eigenvalue weighted by Crippen LogP contribution is 2.25. The minimum Gasteiger partial charge on any atom is -0.438 e. The average Bonchev–Trinajstić information content (AvgIpc) is 2.38. The van der Waals surface area contributed by atoms with Crippen LogP contribution < -0.4 is 4.74 Å². The fourth-order valence-corrected chi connectivity index (χ4v) is 2.24. The van der Waals surface area contributed by atoms with Crippen LogP contribution in [0, 0.1) is 18.3 Å². The Labute approximate surface area is 117 Å². The summed E-state index contributed by atoms with van der Waals surface area (Å²) in [4.78, 5) is 4.22. The molecule has 0 aliphatic carbocycles. The fraction of sp³-hybridized carbons (Fsp3) is 0.143. The molecular weight excluding hydrogens is 276 g/mol. The standard InChI is InChI=1S/C14H12N2O3S/c1-10-7-8-16-14(13(10)9-15)19-11-3-5-12(6-4-11)20(2,17)18/h3-8H,1-2H3. The third-order valence-corrected chi connectivity index (χ3v) is 3.83. The van der Waals surface area contributed by atoms with Gasteiger partial charge in [-0.25, -0.2) is 13.4 Å². The lowest BCUT2D eigenvalue weighted by atomic mass is 10.2. The van der Waals surface area contributed by atoms with E-state index < -0.39 is 9.84 Å². The molecule has 2 aromatic rings. The Morgan fingerprint density at radius 3 is 2.40 bits per heavy atom. The Morgan fingerprint density at radius 2 is 1.85 bits per heavy atom. The minimum atomic E-state index is -3.24. The molecule has 1 aromatic carbocycles. The first-order valence-electron chi connectivity index (χ1n) is 5.75. The zero-order chi connectivity index (χ0) is 14.8. The number of hydrogen-bond acceptors (Lipinski definition) is 5. The average molecular weight is 288 g/mol. The topological polar surface area (TPSA) is 80.0 Å². The molecule has 0 fully saturated rings. The summed E-state index contributed by atoms with van der Waals surface area (Å²) in [5.41, 5.74) is 1.13. The molecule has 6 heteroatoms.